The summed E-state index contributed by atoms with van der Waals surface area (Å²) in [5, 5.41) is 0.0514. The molecule has 1 aliphatic heterocycles. The number of hydrogen-bond donors (Lipinski definition) is 1. The number of hydrogen-bond acceptors (Lipinski definition) is 6. The molecular weight excluding hydrogens is 472 g/mol. The van der Waals surface area contributed by atoms with Crippen molar-refractivity contribution < 1.29 is 18.0 Å². The molecule has 1 N–H and O–H groups in total. The molecular formula is C24H26N4O6S. The van der Waals surface area contributed by atoms with Crippen LogP contribution in [0.1, 0.15) is 36.5 Å². The van der Waals surface area contributed by atoms with E-state index in [4.69, 9.17) is 0 Å². The first-order chi connectivity index (χ1) is 16.6. The summed E-state index contributed by atoms with van der Waals surface area (Å²) in [6.45, 7) is 2.68. The van der Waals surface area contributed by atoms with Gasteiger partial charge in [-0.3, -0.25) is 28.2 Å². The lowest BCUT2D eigenvalue weighted by atomic mass is 10.1. The molecule has 0 unspecified atom stereocenters. The van der Waals surface area contributed by atoms with E-state index < -0.39 is 21.3 Å². The van der Waals surface area contributed by atoms with Crippen LogP contribution < -0.4 is 16.0 Å². The van der Waals surface area contributed by atoms with Gasteiger partial charge in [-0.15, -0.1) is 0 Å². The molecule has 0 radical (unpaired) electrons. The number of ketones is 1. The van der Waals surface area contributed by atoms with Crippen molar-refractivity contribution in [2.24, 2.45) is 7.05 Å². The maximum atomic E-state index is 13.2. The lowest BCUT2D eigenvalue weighted by Crippen LogP contribution is -2.40. The Balaban J connectivity index is 1.66. The van der Waals surface area contributed by atoms with Crippen LogP contribution in [0, 0.1) is 0 Å². The summed E-state index contributed by atoms with van der Waals surface area (Å²) in [4.78, 5) is 51.3. The highest BCUT2D eigenvalue weighted by Gasteiger charge is 2.21. The van der Waals surface area contributed by atoms with Crippen molar-refractivity contribution in [2.45, 2.75) is 37.6 Å². The maximum Gasteiger partial charge on any atom is 0.331 e. The number of Topliss-reactive ketones (excluding diaryl/α,β-unsaturated/α-hetero) is 1. The Morgan fingerprint density at radius 2 is 1.66 bits per heavy atom. The number of rotatable bonds is 7. The second-order valence-electron chi connectivity index (χ2n) is 8.55. The minimum Gasteiger partial charge on any atom is -0.343 e. The third-order valence-electron chi connectivity index (χ3n) is 6.18. The van der Waals surface area contributed by atoms with E-state index >= 15 is 0 Å². The number of sulfonamides is 1. The van der Waals surface area contributed by atoms with Gasteiger partial charge in [-0.25, -0.2) is 13.2 Å². The quantitative estimate of drug-likeness (QED) is 0.494. The number of anilines is 1. The van der Waals surface area contributed by atoms with Gasteiger partial charge in [0.25, 0.3) is 15.6 Å². The van der Waals surface area contributed by atoms with E-state index in [1.807, 2.05) is 0 Å². The molecule has 3 aromatic rings. The van der Waals surface area contributed by atoms with Crippen LogP contribution in [0.4, 0.5) is 5.69 Å². The second-order valence-corrected chi connectivity index (χ2v) is 10.2. The first-order valence-electron chi connectivity index (χ1n) is 11.2. The molecule has 1 fully saturated rings. The zero-order chi connectivity index (χ0) is 25.3. The Morgan fingerprint density at radius 1 is 1.00 bits per heavy atom. The summed E-state index contributed by atoms with van der Waals surface area (Å²) in [5.41, 5.74) is -0.236. The summed E-state index contributed by atoms with van der Waals surface area (Å²) >= 11 is 0. The van der Waals surface area contributed by atoms with Crippen LogP contribution in [0.15, 0.2) is 56.9 Å². The van der Waals surface area contributed by atoms with Gasteiger partial charge in [0.2, 0.25) is 5.91 Å². The molecule has 2 aromatic carbocycles. The minimum atomic E-state index is -4.06. The van der Waals surface area contributed by atoms with Gasteiger partial charge in [-0.05, 0) is 62.2 Å². The molecule has 184 valence electrons. The predicted octanol–water partition coefficient (Wildman–Crippen LogP) is 1.72. The summed E-state index contributed by atoms with van der Waals surface area (Å²) in [5.74, 6) is -0.258. The standard InChI is InChI=1S/C24H26N4O6S/c1-16(29)17-5-7-18(8-6-17)25-35(33,34)19-9-10-21-20(15-19)23(31)28(24(32)26(21)2)14-11-22(30)27-12-3-4-13-27/h5-10,15,25H,3-4,11-14H2,1-2H3. The number of nitrogens with one attached hydrogen (secondary N) is 1. The molecule has 1 aliphatic rings. The third-order valence-corrected chi connectivity index (χ3v) is 7.56. The van der Waals surface area contributed by atoms with Gasteiger partial charge in [-0.2, -0.15) is 0 Å². The van der Waals surface area contributed by atoms with Crippen LogP contribution in [0.2, 0.25) is 0 Å². The first-order valence-corrected chi connectivity index (χ1v) is 12.7. The molecule has 1 amide bonds. The highest BCUT2D eigenvalue weighted by molar-refractivity contribution is 7.92. The molecule has 1 aromatic heterocycles. The highest BCUT2D eigenvalue weighted by Crippen LogP contribution is 2.20. The van der Waals surface area contributed by atoms with Crippen LogP contribution in [0.5, 0.6) is 0 Å². The van der Waals surface area contributed by atoms with E-state index in [2.05, 4.69) is 4.72 Å². The predicted molar refractivity (Wildman–Crippen MR) is 131 cm³/mol. The Hall–Kier alpha value is -3.73. The Kier molecular flexibility index (Phi) is 6.62. The molecule has 0 aliphatic carbocycles. The van der Waals surface area contributed by atoms with Crippen LogP contribution in [-0.4, -0.2) is 47.2 Å². The van der Waals surface area contributed by atoms with Gasteiger partial charge in [0, 0.05) is 44.4 Å². The molecule has 1 saturated heterocycles. The summed E-state index contributed by atoms with van der Waals surface area (Å²) in [6.07, 6.45) is 1.89. The van der Waals surface area contributed by atoms with Crippen LogP contribution in [-0.2, 0) is 28.4 Å². The molecule has 0 atom stereocenters. The molecule has 0 saturated carbocycles. The molecule has 11 heteroatoms. The number of benzene rings is 2. The summed E-state index contributed by atoms with van der Waals surface area (Å²) in [6, 6.07) is 9.92. The van der Waals surface area contributed by atoms with Gasteiger partial charge >= 0.3 is 5.69 Å². The van der Waals surface area contributed by atoms with Gasteiger partial charge in [0.1, 0.15) is 0 Å². The Bertz CT molecular complexity index is 1530. The topological polar surface area (TPSA) is 128 Å². The van der Waals surface area contributed by atoms with Crippen molar-refractivity contribution in [2.75, 3.05) is 17.8 Å². The monoisotopic (exact) mass is 498 g/mol. The SMILES string of the molecule is CC(=O)c1ccc(NS(=O)(=O)c2ccc3c(c2)c(=O)n(CCC(=O)N2CCCC2)c(=O)n3C)cc1. The number of aryl methyl sites for hydroxylation is 1. The average Bonchev–Trinajstić information content (AvgIpc) is 3.37. The Morgan fingerprint density at radius 3 is 2.29 bits per heavy atom. The van der Waals surface area contributed by atoms with E-state index in [1.54, 1.807) is 4.90 Å². The summed E-state index contributed by atoms with van der Waals surface area (Å²) < 4.78 is 30.6. The van der Waals surface area contributed by atoms with Crippen molar-refractivity contribution >= 4 is 38.3 Å². The molecule has 0 spiro atoms. The third kappa shape index (κ3) is 4.90. The van der Waals surface area contributed by atoms with Crippen molar-refractivity contribution in [3.8, 4) is 0 Å². The summed E-state index contributed by atoms with van der Waals surface area (Å²) in [7, 11) is -2.57. The molecule has 4 rings (SSSR count). The fraction of sp³-hybridized carbons (Fsp3) is 0.333. The maximum absolute atomic E-state index is 13.2. The number of amides is 1. The molecule has 2 heterocycles. The number of nitrogens with zero attached hydrogens (tertiary/aromatic N) is 3. The minimum absolute atomic E-state index is 0.0104. The van der Waals surface area contributed by atoms with Crippen LogP contribution in [0.3, 0.4) is 0 Å². The van der Waals surface area contributed by atoms with Crippen molar-refractivity contribution in [1.82, 2.24) is 14.0 Å². The van der Waals surface area contributed by atoms with Gasteiger partial charge in [-0.1, -0.05) is 0 Å². The zero-order valence-corrected chi connectivity index (χ0v) is 20.3. The Labute approximate surface area is 201 Å². The van der Waals surface area contributed by atoms with Crippen molar-refractivity contribution in [3.63, 3.8) is 0 Å². The molecule has 0 bridgehead atoms. The lowest BCUT2D eigenvalue weighted by Gasteiger charge is -2.16. The van der Waals surface area contributed by atoms with E-state index in [0.717, 1.165) is 17.4 Å². The van der Waals surface area contributed by atoms with Crippen LogP contribution in [0.25, 0.3) is 10.9 Å². The van der Waals surface area contributed by atoms with Gasteiger partial charge in [0.15, 0.2) is 5.78 Å². The highest BCUT2D eigenvalue weighted by atomic mass is 32.2. The van der Waals surface area contributed by atoms with Crippen molar-refractivity contribution in [1.29, 1.82) is 0 Å². The fourth-order valence-corrected chi connectivity index (χ4v) is 5.26. The molecule has 35 heavy (non-hydrogen) atoms. The first kappa shape index (κ1) is 24.4. The van der Waals surface area contributed by atoms with Crippen LogP contribution >= 0.6 is 0 Å². The number of carbonyl (C=O) groups excluding carboxylic acids is 2. The molecule has 10 nitrogen and oxygen atoms in total. The normalized spacial score (nSPS) is 13.8. The largest absolute Gasteiger partial charge is 0.343 e. The number of carbonyl (C=O) groups is 2. The smallest absolute Gasteiger partial charge is 0.331 e. The second kappa shape index (κ2) is 9.49. The van der Waals surface area contributed by atoms with Gasteiger partial charge < -0.3 is 4.90 Å². The number of aromatic nitrogens is 2. The fourth-order valence-electron chi connectivity index (χ4n) is 4.18. The number of fused-ring (bicyclic) bond motifs is 1. The van der Waals surface area contributed by atoms with E-state index in [-0.39, 0.29) is 46.1 Å². The van der Waals surface area contributed by atoms with Crippen molar-refractivity contribution in [3.05, 3.63) is 68.9 Å². The lowest BCUT2D eigenvalue weighted by molar-refractivity contribution is -0.130. The zero-order valence-electron chi connectivity index (χ0n) is 19.5. The average molecular weight is 499 g/mol. The van der Waals surface area contributed by atoms with E-state index in [0.29, 0.717) is 18.7 Å². The van der Waals surface area contributed by atoms with E-state index in [1.165, 1.54) is 61.0 Å². The van der Waals surface area contributed by atoms with E-state index in [9.17, 15) is 27.6 Å². The number of likely N-dealkylation sites (tertiary alicyclic amines) is 1. The van der Waals surface area contributed by atoms with Gasteiger partial charge in [0.05, 0.1) is 15.8 Å².